The minimum atomic E-state index is -4.23. The van der Waals surface area contributed by atoms with Crippen molar-refractivity contribution in [3.8, 4) is 11.1 Å². The minimum Gasteiger partial charge on any atom is -0.147 e. The van der Waals surface area contributed by atoms with Crippen LogP contribution in [0.1, 0.15) is 42.9 Å². The molecule has 188 valence electrons. The van der Waals surface area contributed by atoms with Gasteiger partial charge in [0, 0.05) is 0 Å². The molecule has 6 rings (SSSR count). The number of hydrogen-bond donors (Lipinski definition) is 0. The molecule has 0 nitrogen and oxygen atoms in total. The molecule has 0 atom stereocenters. The average molecular weight is 621 g/mol. The van der Waals surface area contributed by atoms with Crippen LogP contribution in [0.15, 0.2) is 119 Å². The molecule has 0 bridgehead atoms. The molecular formula is C33H34Cl2SiZr. The third kappa shape index (κ3) is 4.04. The molecular weight excluding hydrogens is 587 g/mol. The predicted molar refractivity (Wildman–Crippen MR) is 165 cm³/mol. The van der Waals surface area contributed by atoms with E-state index in [-0.39, 0.29) is 24.8 Å². The first-order chi connectivity index (χ1) is 17.0. The van der Waals surface area contributed by atoms with Crippen molar-refractivity contribution in [1.29, 1.82) is 0 Å². The van der Waals surface area contributed by atoms with E-state index in [0.29, 0.717) is 5.92 Å². The van der Waals surface area contributed by atoms with Crippen LogP contribution in [0.25, 0.3) is 11.1 Å². The van der Waals surface area contributed by atoms with Gasteiger partial charge in [-0.25, -0.2) is 0 Å². The molecule has 0 spiro atoms. The van der Waals surface area contributed by atoms with Crippen LogP contribution in [0.4, 0.5) is 0 Å². The van der Waals surface area contributed by atoms with Crippen LogP contribution in [0.3, 0.4) is 0 Å². The second-order valence-corrected chi connectivity index (χ2v) is 31.8. The molecule has 4 aromatic carbocycles. The normalized spacial score (nSPS) is 13.9. The van der Waals surface area contributed by atoms with Crippen molar-refractivity contribution in [2.75, 3.05) is 0 Å². The second kappa shape index (κ2) is 10.7. The van der Waals surface area contributed by atoms with E-state index in [4.69, 9.17) is 0 Å². The Morgan fingerprint density at radius 1 is 0.730 bits per heavy atom. The molecule has 37 heavy (non-hydrogen) atoms. The van der Waals surface area contributed by atoms with Crippen molar-refractivity contribution in [3.63, 3.8) is 0 Å². The monoisotopic (exact) mass is 618 g/mol. The topological polar surface area (TPSA) is 0 Å². The molecule has 0 N–H and O–H groups in total. The van der Waals surface area contributed by atoms with Crippen molar-refractivity contribution in [2.45, 2.75) is 32.6 Å². The summed E-state index contributed by atoms with van der Waals surface area (Å²) >= 11 is -4.23. The SMILES string of the molecule is CC(C)c1cc[c]([Zr](=[SiH2])([C]2=CC=CC2)([c]2ccccc2)[c]2ccccc2)c2c1-c1ccccc1C2.Cl.Cl. The van der Waals surface area contributed by atoms with Crippen molar-refractivity contribution < 1.29 is 17.4 Å². The van der Waals surface area contributed by atoms with Gasteiger partial charge in [-0.2, -0.15) is 0 Å². The van der Waals surface area contributed by atoms with Crippen LogP contribution in [0.2, 0.25) is 0 Å². The summed E-state index contributed by atoms with van der Waals surface area (Å²) in [6.45, 7) is 7.06. The molecule has 0 heterocycles. The number of allylic oxidation sites excluding steroid dienone is 4. The van der Waals surface area contributed by atoms with Crippen molar-refractivity contribution in [2.24, 2.45) is 0 Å². The van der Waals surface area contributed by atoms with Gasteiger partial charge in [-0.15, -0.1) is 24.8 Å². The first-order valence-electron chi connectivity index (χ1n) is 12.8. The van der Waals surface area contributed by atoms with Crippen LogP contribution in [-0.4, -0.2) is 6.88 Å². The third-order valence-electron chi connectivity index (χ3n) is 8.52. The Bertz CT molecular complexity index is 1520. The fourth-order valence-corrected chi connectivity index (χ4v) is 28.5. The Morgan fingerprint density at radius 2 is 1.32 bits per heavy atom. The van der Waals surface area contributed by atoms with E-state index in [1.54, 1.807) is 18.7 Å². The number of rotatable bonds is 5. The van der Waals surface area contributed by atoms with Crippen LogP contribution in [0.5, 0.6) is 0 Å². The quantitative estimate of drug-likeness (QED) is 0.195. The van der Waals surface area contributed by atoms with Crippen molar-refractivity contribution >= 4 is 41.5 Å². The van der Waals surface area contributed by atoms with Gasteiger partial charge in [-0.1, -0.05) is 0 Å². The van der Waals surface area contributed by atoms with Gasteiger partial charge in [0.1, 0.15) is 0 Å². The fraction of sp³-hybridized carbons (Fsp3) is 0.152. The summed E-state index contributed by atoms with van der Waals surface area (Å²) in [6, 6.07) is 37.2. The molecule has 0 fully saturated rings. The zero-order valence-corrected chi connectivity index (χ0v) is 27.0. The number of hydrogen-bond acceptors (Lipinski definition) is 0. The fourth-order valence-electron chi connectivity index (χ4n) is 6.76. The first-order valence-corrected chi connectivity index (χ1v) is 23.6. The third-order valence-corrected chi connectivity index (χ3v) is 34.7. The molecule has 2 aliphatic rings. The smallest absolute Gasteiger partial charge is 0.147 e. The largest absolute Gasteiger partial charge is 0.147 e. The van der Waals surface area contributed by atoms with Crippen LogP contribution in [-0.2, 0) is 23.8 Å². The van der Waals surface area contributed by atoms with Gasteiger partial charge in [-0.3, -0.25) is 0 Å². The van der Waals surface area contributed by atoms with Gasteiger partial charge in [0.15, 0.2) is 0 Å². The summed E-state index contributed by atoms with van der Waals surface area (Å²) in [6.07, 6.45) is 9.19. The minimum absolute atomic E-state index is 0. The number of halogens is 2. The number of benzene rings is 4. The molecule has 0 saturated heterocycles. The predicted octanol–water partition coefficient (Wildman–Crippen LogP) is 6.58. The van der Waals surface area contributed by atoms with Crippen LogP contribution in [0, 0.1) is 0 Å². The van der Waals surface area contributed by atoms with E-state index in [2.05, 4.69) is 136 Å². The maximum atomic E-state index is 2.55. The zero-order chi connectivity index (χ0) is 24.1. The maximum Gasteiger partial charge on any atom is -0.147 e. The van der Waals surface area contributed by atoms with E-state index in [9.17, 15) is 0 Å². The van der Waals surface area contributed by atoms with Gasteiger partial charge < -0.3 is 0 Å². The van der Waals surface area contributed by atoms with Gasteiger partial charge in [0.05, 0.1) is 0 Å². The van der Waals surface area contributed by atoms with E-state index < -0.39 is 17.4 Å². The molecule has 2 aliphatic carbocycles. The van der Waals surface area contributed by atoms with Gasteiger partial charge >= 0.3 is 213 Å². The van der Waals surface area contributed by atoms with Crippen LogP contribution >= 0.6 is 24.8 Å². The Hall–Kier alpha value is -1.96. The average Bonchev–Trinajstić information content (AvgIpc) is 3.58. The molecule has 0 aromatic heterocycles. The Kier molecular flexibility index (Phi) is 8.08. The summed E-state index contributed by atoms with van der Waals surface area (Å²) in [7, 11) is 0. The van der Waals surface area contributed by atoms with Gasteiger partial charge in [0.2, 0.25) is 0 Å². The van der Waals surface area contributed by atoms with E-state index in [1.807, 2.05) is 0 Å². The molecule has 0 aliphatic heterocycles. The standard InChI is InChI=1S/C16H15.2C6H5.C5H5.2ClH.H2Si.Zr/c1-11(2)14-9-5-7-13-10-12-6-3-4-8-15(12)16(13)14;2*1-2-4-6-5-3-1;1-2-4-5-3-1;;;;/h3-6,8-9,11H,10H2,1-2H3;2*1-5H;1-3H,4H2;2*1H;1H2;. The molecule has 4 heteroatoms. The summed E-state index contributed by atoms with van der Waals surface area (Å²) in [5.41, 5.74) is 7.50. The van der Waals surface area contributed by atoms with Gasteiger partial charge in [0.25, 0.3) is 0 Å². The second-order valence-electron chi connectivity index (χ2n) is 10.6. The Balaban J connectivity index is 0.00000160. The summed E-state index contributed by atoms with van der Waals surface area (Å²) in [5, 5.41) is 0. The molecule has 0 unspecified atom stereocenters. The number of fused-ring (bicyclic) bond motifs is 3. The Labute approximate surface area is 236 Å². The zero-order valence-electron chi connectivity index (χ0n) is 21.5. The summed E-state index contributed by atoms with van der Waals surface area (Å²) in [4.78, 5) is 0. The summed E-state index contributed by atoms with van der Waals surface area (Å²) < 4.78 is 6.37. The molecule has 4 aromatic rings. The Morgan fingerprint density at radius 3 is 1.89 bits per heavy atom. The van der Waals surface area contributed by atoms with Crippen molar-refractivity contribution in [3.05, 3.63) is 135 Å². The maximum absolute atomic E-state index is 4.23. The van der Waals surface area contributed by atoms with Gasteiger partial charge in [-0.05, 0) is 0 Å². The first kappa shape index (κ1) is 28.1. The van der Waals surface area contributed by atoms with E-state index >= 15 is 0 Å². The molecule has 0 radical (unpaired) electrons. The van der Waals surface area contributed by atoms with Crippen molar-refractivity contribution in [1.82, 2.24) is 0 Å². The molecule has 0 amide bonds. The van der Waals surface area contributed by atoms with Crippen LogP contribution < -0.4 is 9.81 Å². The van der Waals surface area contributed by atoms with E-state index in [0.717, 1.165) is 12.8 Å². The van der Waals surface area contributed by atoms with E-state index in [1.165, 1.54) is 22.3 Å². The summed E-state index contributed by atoms with van der Waals surface area (Å²) in [5.74, 6) is 0.490. The molecule has 0 saturated carbocycles.